The Bertz CT molecular complexity index is 5150. The van der Waals surface area contributed by atoms with Crippen molar-refractivity contribution in [2.24, 2.45) is 5.25 Å². The van der Waals surface area contributed by atoms with Crippen LogP contribution in [-0.2, 0) is 75.3 Å². The molecule has 50 heteroatoms. The molecule has 17 N–H and O–H groups in total. The van der Waals surface area contributed by atoms with Crippen molar-refractivity contribution < 1.29 is 139 Å². The quantitative estimate of drug-likeness (QED) is 0.00741. The van der Waals surface area contributed by atoms with Crippen LogP contribution in [0.4, 0.5) is 38.7 Å². The number of aromatic nitrogens is 20. The molecular weight excluding hydrogens is 2380 g/mol. The third kappa shape index (κ3) is 54.0. The zero-order valence-electron chi connectivity index (χ0n) is 69.0. The van der Waals surface area contributed by atoms with Gasteiger partial charge in [0.1, 0.15) is 57.5 Å². The molecule has 0 aromatic carbocycles. The molecule has 10 aromatic heterocycles. The number of methoxy groups -OCH3 is 2. The average molecular weight is 2470 g/mol. The summed E-state index contributed by atoms with van der Waals surface area (Å²) in [6.45, 7) is 13.9. The Morgan fingerprint density at radius 2 is 1.00 bits per heavy atom. The Morgan fingerprint density at radius 1 is 0.574 bits per heavy atom. The Hall–Kier alpha value is -4.50. The van der Waals surface area contributed by atoms with Gasteiger partial charge in [0, 0.05) is 95.6 Å². The number of nitrogens with zero attached hydrogens (tertiary/aromatic N) is 20. The molecule has 0 radical (unpaired) electrons. The fraction of sp³-hybridized carbons (Fsp3) is 0.306. The molecule has 640 valence electrons. The summed E-state index contributed by atoms with van der Waals surface area (Å²) in [7, 11) is 0.723. The first-order chi connectivity index (χ1) is 57.0. The van der Waals surface area contributed by atoms with Gasteiger partial charge in [0.15, 0.2) is 28.9 Å². The Balaban J connectivity index is 0. The summed E-state index contributed by atoms with van der Waals surface area (Å²) in [5, 5.41) is 102. The maximum Gasteiger partial charge on any atom is 1.00 e. The summed E-state index contributed by atoms with van der Waals surface area (Å²) >= 11 is 27.5. The number of allylic oxidation sites excluding steroid dienone is 3. The number of terminal acetylenes is 2. The molecule has 3 aliphatic rings. The fourth-order valence-electron chi connectivity index (χ4n) is 7.95. The van der Waals surface area contributed by atoms with E-state index >= 15 is 0 Å². The zero-order valence-corrected chi connectivity index (χ0v) is 92.6. The monoisotopic (exact) mass is 2470 g/mol. The van der Waals surface area contributed by atoms with E-state index in [1.165, 1.54) is 45.1 Å². The molecule has 0 aliphatic heterocycles. The minimum Gasteiger partial charge on any atom is -1.00 e. The summed E-state index contributed by atoms with van der Waals surface area (Å²) in [6.07, 6.45) is 32.8. The van der Waals surface area contributed by atoms with Crippen molar-refractivity contribution in [1.29, 1.82) is 0 Å². The second-order valence-electron chi connectivity index (χ2n) is 25.1. The van der Waals surface area contributed by atoms with Gasteiger partial charge in [0.2, 0.25) is 15.4 Å². The number of ether oxygens (including phenoxy) is 2. The largest absolute Gasteiger partial charge is 1.00 e. The number of carboxylic acids is 1. The molecule has 10 aromatic rings. The Morgan fingerprint density at radius 3 is 1.45 bits per heavy atom. The number of nitrogens with two attached hydrogens (primary N) is 8. The first-order valence-corrected chi connectivity index (χ1v) is 51.0. The van der Waals surface area contributed by atoms with E-state index in [2.05, 4.69) is 369 Å². The van der Waals surface area contributed by atoms with Gasteiger partial charge >= 0.3 is 103 Å². The van der Waals surface area contributed by atoms with Crippen LogP contribution in [-0.4, -0.2) is 156 Å². The van der Waals surface area contributed by atoms with Crippen molar-refractivity contribution in [3.05, 3.63) is 160 Å². The number of fused-ring (bicyclic) bond motifs is 3. The number of carbonyl (C=O) groups is 2. The number of carbonyl (C=O) groups excluding carboxylic acids is 1. The summed E-state index contributed by atoms with van der Waals surface area (Å²) in [5.41, 5.74) is 54.6. The Labute approximate surface area is 895 Å². The summed E-state index contributed by atoms with van der Waals surface area (Å²) < 4.78 is 15.2. The van der Waals surface area contributed by atoms with E-state index in [1.807, 2.05) is 30.3 Å². The molecule has 0 unspecified atom stereocenters. The van der Waals surface area contributed by atoms with Crippen LogP contribution in [0.3, 0.4) is 0 Å². The van der Waals surface area contributed by atoms with E-state index in [4.69, 9.17) is 94.0 Å². The number of hydrogen-bond acceptors (Lipinski definition) is 37. The van der Waals surface area contributed by atoms with E-state index in [1.54, 1.807) is 20.3 Å². The fourth-order valence-corrected chi connectivity index (χ4v) is 13.7. The molecule has 0 bridgehead atoms. The molecule has 0 spiro atoms. The van der Waals surface area contributed by atoms with Gasteiger partial charge in [-0.05, 0) is 214 Å². The van der Waals surface area contributed by atoms with Crippen LogP contribution in [0.5, 0.6) is 0 Å². The number of aryl methyl sites for hydroxylation is 4. The average Bonchev–Trinajstić information content (AvgIpc) is 1.73. The molecule has 122 heavy (non-hydrogen) atoms. The van der Waals surface area contributed by atoms with Crippen molar-refractivity contribution in [3.8, 4) is 47.6 Å². The van der Waals surface area contributed by atoms with Crippen LogP contribution in [0, 0.1) is 66.0 Å². The number of anilines is 7. The summed E-state index contributed by atoms with van der Waals surface area (Å²) in [6, 6.07) is 13.4. The van der Waals surface area contributed by atoms with Crippen LogP contribution in [0.2, 0.25) is 44.4 Å². The third-order valence-corrected chi connectivity index (χ3v) is 21.3. The van der Waals surface area contributed by atoms with E-state index in [0.29, 0.717) is 73.2 Å². The molecule has 35 nitrogen and oxygen atoms in total. The first-order valence-electron chi connectivity index (χ1n) is 34.5. The number of rotatable bonds is 14. The standard InChI is InChI=1S/C13H15N5S.C13H11N5S.C9H12IN3Si.C8H12IN3O2.C7H5IN2.C6H7N3S.C5H10Si.C4H3BrClN3.C4H3I2N3.C2H4O2.CH2O3.ClH2N.2K.H/c2*14-13-18-17-12(19-13)7-2-1-5-10-8-9-4-3-6-11(9)16-15-10;1-14(2,3)5-4-7-6-8(10)12-13-9(7)11;1-13-7(14-2)4-5-3-6(9)11-12-8(5)10;8-7-4-5-2-1-3-6(5)9-10-7;1-2-3-4-5-8-9-6(7)10-5;1-5-6(2,3)4;2*5-2-1-3(6)8-9-4(2)7;1-2(3)4;2-1-4-3;1-2;;;/h3-4,8H,1-2,5-7H2,(H2,14,18);3-4,8H,2,6-7H2,(H2,14,18);6H,1-3H3,(H2,11,13);3,7H,4H2,1-2H3,(H2,10,12);1-2,4H,3H2;1H,3-4H2,(H2,7,9);1H,2-4H3;2*1H,(H2,7,9);1H3,(H,3,4);1,3H;2H2;;;/q;;;;;;;;;;;;2*+1;-1/p-1. The molecule has 10 heterocycles. The van der Waals surface area contributed by atoms with Crippen molar-refractivity contribution >= 4 is 272 Å². The molecule has 3 aliphatic carbocycles. The predicted octanol–water partition coefficient (Wildman–Crippen LogP) is 5.55. The summed E-state index contributed by atoms with van der Waals surface area (Å²) in [4.78, 5) is 20.2. The van der Waals surface area contributed by atoms with Gasteiger partial charge in [-0.1, -0.05) is 133 Å². The molecule has 0 fully saturated rings. The smallest absolute Gasteiger partial charge is 1.00 e. The van der Waals surface area contributed by atoms with Crippen molar-refractivity contribution in [2.75, 3.05) is 54.4 Å². The zero-order chi connectivity index (χ0) is 89.8. The number of halogens is 8. The maximum absolute atomic E-state index is 9.00. The van der Waals surface area contributed by atoms with Crippen LogP contribution in [0.25, 0.3) is 18.2 Å². The van der Waals surface area contributed by atoms with Gasteiger partial charge in [-0.2, -0.15) is 20.4 Å². The van der Waals surface area contributed by atoms with E-state index in [9.17, 15) is 0 Å². The molecule has 13 rings (SSSR count). The Kier molecular flexibility index (Phi) is 64.4. The van der Waals surface area contributed by atoms with E-state index in [-0.39, 0.29) is 117 Å². The first kappa shape index (κ1) is 117. The van der Waals surface area contributed by atoms with Gasteiger partial charge in [-0.15, -0.1) is 111 Å². The van der Waals surface area contributed by atoms with Gasteiger partial charge in [0.05, 0.1) is 36.4 Å². The second-order valence-corrected chi connectivity index (χ2v) is 44.8. The minimum absolute atomic E-state index is 0. The van der Waals surface area contributed by atoms with Gasteiger partial charge in [-0.25, -0.2) is 5.25 Å². The summed E-state index contributed by atoms with van der Waals surface area (Å²) in [5.74, 6) is 12.5. The van der Waals surface area contributed by atoms with Crippen molar-refractivity contribution in [2.45, 2.75) is 130 Å². The normalized spacial score (nSPS) is 10.5. The minimum atomic E-state index is -1.35. The van der Waals surface area contributed by atoms with Crippen molar-refractivity contribution in [1.82, 2.24) is 102 Å². The van der Waals surface area contributed by atoms with E-state index < -0.39 is 22.1 Å². The third-order valence-electron chi connectivity index (χ3n) is 13.4. The van der Waals surface area contributed by atoms with Crippen molar-refractivity contribution in [3.63, 3.8) is 0 Å². The molecular formula is C72H86BrCl2I5K2N28O7S3Si2. The molecule has 0 saturated heterocycles. The van der Waals surface area contributed by atoms with Crippen LogP contribution in [0.1, 0.15) is 105 Å². The van der Waals surface area contributed by atoms with Crippen LogP contribution >= 0.6 is 186 Å². The van der Waals surface area contributed by atoms with E-state index in [0.717, 1.165) is 138 Å². The second kappa shape index (κ2) is 66.8. The molecule has 0 saturated carbocycles. The number of aliphatic carboxylic acids is 1. The van der Waals surface area contributed by atoms with Crippen LogP contribution < -0.4 is 153 Å². The SMILES string of the molecule is C#CCCc1nnc(N)s1.C#C[Si](C)(C)C.CC(=O)O.COC(Cc1cc(I)nnc1N)OC.C[Si](C)(C)C#Cc1cc(I)nnc1N.Ic1cc2c(nn1)CC=C2.NCl.Nc1nnc(CCC#Cc2cc3c(nn2)CC=C3)s1.Nc1nnc(CCCCc2cc3c(nn2)CC=C3)s1.Nc1nnc(Cl)cc1Br.Nc1nnc(I)cc1I.O=CO[O-].[H-].[K+].[K+]. The predicted molar refractivity (Wildman–Crippen MR) is 524 cm³/mol. The van der Waals surface area contributed by atoms with Crippen LogP contribution in [0.15, 0.2) is 65.2 Å². The number of unbranched alkanes of at least 4 members (excludes halogenated alkanes) is 1. The maximum atomic E-state index is 9.00. The molecule has 0 atom stereocenters. The topological polar surface area (TPSA) is 571 Å². The number of hydrogen-bond donors (Lipinski definition) is 9. The number of carboxylic acid groups (broad SMARTS) is 1. The molecule has 0 amide bonds. The van der Waals surface area contributed by atoms with Gasteiger partial charge in [0.25, 0.3) is 12.4 Å². The van der Waals surface area contributed by atoms with Gasteiger partial charge < -0.3 is 66.3 Å². The number of nitrogen functional groups attached to an aromatic ring is 7. The van der Waals surface area contributed by atoms with Gasteiger partial charge in [-0.3, -0.25) is 9.59 Å².